The molecule has 2 N–H and O–H groups in total. The highest BCUT2D eigenvalue weighted by Gasteiger charge is 2.28. The van der Waals surface area contributed by atoms with Crippen molar-refractivity contribution in [2.75, 3.05) is 18.5 Å². The molecule has 1 aromatic heterocycles. The standard InChI is InChI=1S/C9H14N4S2/c1-13(5-4-7(10)14)9-11-8(12-15-9)6-2-3-6/h6H,2-5H2,1H3,(H2,10,14). The van der Waals surface area contributed by atoms with Gasteiger partial charge in [0.25, 0.3) is 0 Å². The Hall–Kier alpha value is -0.750. The first-order valence-corrected chi connectivity index (χ1v) is 6.18. The average molecular weight is 242 g/mol. The van der Waals surface area contributed by atoms with Gasteiger partial charge in [-0.25, -0.2) is 4.98 Å². The fourth-order valence-electron chi connectivity index (χ4n) is 1.26. The van der Waals surface area contributed by atoms with E-state index in [-0.39, 0.29) is 0 Å². The highest BCUT2D eigenvalue weighted by molar-refractivity contribution is 7.80. The lowest BCUT2D eigenvalue weighted by atomic mass is 10.4. The van der Waals surface area contributed by atoms with Gasteiger partial charge in [-0.15, -0.1) is 0 Å². The van der Waals surface area contributed by atoms with E-state index in [0.717, 1.165) is 23.9 Å². The average Bonchev–Trinajstić information content (AvgIpc) is 2.93. The van der Waals surface area contributed by atoms with Crippen molar-refractivity contribution in [1.82, 2.24) is 9.36 Å². The van der Waals surface area contributed by atoms with E-state index in [1.807, 2.05) is 7.05 Å². The predicted molar refractivity (Wildman–Crippen MR) is 66.6 cm³/mol. The summed E-state index contributed by atoms with van der Waals surface area (Å²) in [4.78, 5) is 7.11. The predicted octanol–water partition coefficient (Wildman–Crippen LogP) is 1.53. The maximum atomic E-state index is 5.45. The van der Waals surface area contributed by atoms with Gasteiger partial charge in [-0.2, -0.15) is 4.37 Å². The summed E-state index contributed by atoms with van der Waals surface area (Å²) < 4.78 is 4.35. The molecule has 0 amide bonds. The lowest BCUT2D eigenvalue weighted by Gasteiger charge is -2.13. The summed E-state index contributed by atoms with van der Waals surface area (Å²) in [6, 6.07) is 0. The number of anilines is 1. The molecule has 0 saturated heterocycles. The van der Waals surface area contributed by atoms with E-state index in [0.29, 0.717) is 10.9 Å². The zero-order valence-electron chi connectivity index (χ0n) is 8.64. The fraction of sp³-hybridized carbons (Fsp3) is 0.667. The SMILES string of the molecule is CN(CCC(N)=S)c1nc(C2CC2)ns1. The third kappa shape index (κ3) is 2.85. The van der Waals surface area contributed by atoms with E-state index < -0.39 is 0 Å². The van der Waals surface area contributed by atoms with Gasteiger partial charge < -0.3 is 10.6 Å². The zero-order valence-corrected chi connectivity index (χ0v) is 10.3. The highest BCUT2D eigenvalue weighted by atomic mass is 32.1. The van der Waals surface area contributed by atoms with Crippen molar-refractivity contribution in [2.45, 2.75) is 25.2 Å². The molecule has 0 aliphatic heterocycles. The van der Waals surface area contributed by atoms with Crippen molar-refractivity contribution in [1.29, 1.82) is 0 Å². The van der Waals surface area contributed by atoms with Crippen molar-refractivity contribution in [3.05, 3.63) is 5.82 Å². The van der Waals surface area contributed by atoms with Crippen molar-refractivity contribution >= 4 is 33.9 Å². The second-order valence-corrected chi connectivity index (χ2v) is 5.10. The molecule has 6 heteroatoms. The van der Waals surface area contributed by atoms with E-state index in [2.05, 4.69) is 14.3 Å². The summed E-state index contributed by atoms with van der Waals surface area (Å²) >= 11 is 6.30. The molecular formula is C9H14N4S2. The quantitative estimate of drug-likeness (QED) is 0.794. The Balaban J connectivity index is 1.92. The topological polar surface area (TPSA) is 55.0 Å². The zero-order chi connectivity index (χ0) is 10.8. The molecule has 0 bridgehead atoms. The van der Waals surface area contributed by atoms with Crippen LogP contribution in [0.1, 0.15) is 31.0 Å². The monoisotopic (exact) mass is 242 g/mol. The van der Waals surface area contributed by atoms with Gasteiger partial charge in [-0.05, 0) is 12.8 Å². The van der Waals surface area contributed by atoms with Crippen molar-refractivity contribution in [2.24, 2.45) is 5.73 Å². The lowest BCUT2D eigenvalue weighted by Crippen LogP contribution is -2.23. The lowest BCUT2D eigenvalue weighted by molar-refractivity contribution is 0.896. The molecule has 1 saturated carbocycles. The van der Waals surface area contributed by atoms with Crippen molar-refractivity contribution in [3.63, 3.8) is 0 Å². The summed E-state index contributed by atoms with van der Waals surface area (Å²) in [6.07, 6.45) is 3.21. The second kappa shape index (κ2) is 4.40. The largest absolute Gasteiger partial charge is 0.393 e. The molecule has 0 radical (unpaired) electrons. The van der Waals surface area contributed by atoms with Gasteiger partial charge in [0, 0.05) is 37.5 Å². The molecule has 2 rings (SSSR count). The first kappa shape index (κ1) is 10.8. The van der Waals surface area contributed by atoms with Gasteiger partial charge in [0.15, 0.2) is 0 Å². The number of nitrogens with two attached hydrogens (primary N) is 1. The molecule has 1 aliphatic rings. The number of thiocarbonyl (C=S) groups is 1. The minimum atomic E-state index is 0.550. The summed E-state index contributed by atoms with van der Waals surface area (Å²) in [5.74, 6) is 1.64. The summed E-state index contributed by atoms with van der Waals surface area (Å²) in [7, 11) is 2.00. The summed E-state index contributed by atoms with van der Waals surface area (Å²) in [5.41, 5.74) is 5.45. The smallest absolute Gasteiger partial charge is 0.204 e. The van der Waals surface area contributed by atoms with E-state index >= 15 is 0 Å². The van der Waals surface area contributed by atoms with Gasteiger partial charge in [-0.1, -0.05) is 12.2 Å². The van der Waals surface area contributed by atoms with Gasteiger partial charge in [0.05, 0.1) is 4.99 Å². The first-order chi connectivity index (χ1) is 7.16. The molecule has 0 spiro atoms. The van der Waals surface area contributed by atoms with Crippen LogP contribution in [-0.2, 0) is 0 Å². The number of hydrogen-bond acceptors (Lipinski definition) is 5. The minimum Gasteiger partial charge on any atom is -0.393 e. The van der Waals surface area contributed by atoms with Crippen LogP contribution in [0.2, 0.25) is 0 Å². The van der Waals surface area contributed by atoms with Crippen LogP contribution in [0.3, 0.4) is 0 Å². The van der Waals surface area contributed by atoms with Crippen molar-refractivity contribution < 1.29 is 0 Å². The molecule has 15 heavy (non-hydrogen) atoms. The summed E-state index contributed by atoms with van der Waals surface area (Å²) in [5, 5.41) is 0.966. The summed E-state index contributed by atoms with van der Waals surface area (Å²) in [6.45, 7) is 0.814. The molecule has 0 unspecified atom stereocenters. The van der Waals surface area contributed by atoms with Crippen LogP contribution in [-0.4, -0.2) is 27.9 Å². The number of rotatable bonds is 5. The van der Waals surface area contributed by atoms with Gasteiger partial charge in [0.1, 0.15) is 5.82 Å². The second-order valence-electron chi connectivity index (χ2n) is 3.85. The third-order valence-electron chi connectivity index (χ3n) is 2.39. The molecule has 1 aromatic rings. The number of nitrogens with zero attached hydrogens (tertiary/aromatic N) is 3. The fourth-order valence-corrected chi connectivity index (χ4v) is 2.08. The first-order valence-electron chi connectivity index (χ1n) is 5.00. The van der Waals surface area contributed by atoms with E-state index in [4.69, 9.17) is 18.0 Å². The Morgan fingerprint density at radius 1 is 1.67 bits per heavy atom. The molecular weight excluding hydrogens is 228 g/mol. The molecule has 1 heterocycles. The van der Waals surface area contributed by atoms with E-state index in [9.17, 15) is 0 Å². The molecule has 1 aliphatic carbocycles. The molecule has 0 atom stereocenters. The molecule has 82 valence electrons. The molecule has 4 nitrogen and oxygen atoms in total. The normalized spacial score (nSPS) is 15.3. The Labute approximate surface area is 98.7 Å². The number of hydrogen-bond donors (Lipinski definition) is 1. The van der Waals surface area contributed by atoms with E-state index in [1.165, 1.54) is 24.4 Å². The highest BCUT2D eigenvalue weighted by Crippen LogP contribution is 2.39. The van der Waals surface area contributed by atoms with Crippen LogP contribution in [0.15, 0.2) is 0 Å². The molecule has 1 fully saturated rings. The van der Waals surface area contributed by atoms with Crippen LogP contribution >= 0.6 is 23.8 Å². The maximum Gasteiger partial charge on any atom is 0.204 e. The maximum absolute atomic E-state index is 5.45. The van der Waals surface area contributed by atoms with Crippen LogP contribution in [0, 0.1) is 0 Å². The van der Waals surface area contributed by atoms with Crippen molar-refractivity contribution in [3.8, 4) is 0 Å². The minimum absolute atomic E-state index is 0.550. The Morgan fingerprint density at radius 3 is 3.00 bits per heavy atom. The number of aromatic nitrogens is 2. The molecule has 0 aromatic carbocycles. The van der Waals surface area contributed by atoms with E-state index in [1.54, 1.807) is 0 Å². The van der Waals surface area contributed by atoms with Crippen LogP contribution in [0.4, 0.5) is 5.13 Å². The van der Waals surface area contributed by atoms with Gasteiger partial charge in [0.2, 0.25) is 5.13 Å². The van der Waals surface area contributed by atoms with Gasteiger partial charge in [-0.3, -0.25) is 0 Å². The Morgan fingerprint density at radius 2 is 2.40 bits per heavy atom. The third-order valence-corrected chi connectivity index (χ3v) is 3.44. The van der Waals surface area contributed by atoms with Crippen LogP contribution in [0.5, 0.6) is 0 Å². The van der Waals surface area contributed by atoms with Gasteiger partial charge >= 0.3 is 0 Å². The Bertz CT molecular complexity index is 359. The van der Waals surface area contributed by atoms with Crippen LogP contribution < -0.4 is 10.6 Å². The van der Waals surface area contributed by atoms with Crippen LogP contribution in [0.25, 0.3) is 0 Å². The Kier molecular flexibility index (Phi) is 3.16.